The Kier molecular flexibility index (Phi) is 5.99. The van der Waals surface area contributed by atoms with Gasteiger partial charge in [-0.2, -0.15) is 0 Å². The zero-order valence-electron chi connectivity index (χ0n) is 16.4. The van der Waals surface area contributed by atoms with Gasteiger partial charge in [0.25, 0.3) is 0 Å². The second-order valence-corrected chi connectivity index (χ2v) is 7.18. The first-order chi connectivity index (χ1) is 13.4. The summed E-state index contributed by atoms with van der Waals surface area (Å²) in [6, 6.07) is 17.0. The van der Waals surface area contributed by atoms with Crippen LogP contribution in [0.25, 0.3) is 10.9 Å². The zero-order valence-corrected chi connectivity index (χ0v) is 16.4. The van der Waals surface area contributed by atoms with Gasteiger partial charge in [-0.1, -0.05) is 38.1 Å². The van der Waals surface area contributed by atoms with Crippen molar-refractivity contribution in [2.45, 2.75) is 27.3 Å². The lowest BCUT2D eigenvalue weighted by molar-refractivity contribution is -0.116. The van der Waals surface area contributed by atoms with Crippen LogP contribution in [0.5, 0.6) is 0 Å². The van der Waals surface area contributed by atoms with Crippen molar-refractivity contribution < 1.29 is 14.3 Å². The van der Waals surface area contributed by atoms with Gasteiger partial charge < -0.3 is 14.6 Å². The van der Waals surface area contributed by atoms with Crippen LogP contribution in [0.1, 0.15) is 19.5 Å². The smallest absolute Gasteiger partial charge is 0.411 e. The lowest BCUT2D eigenvalue weighted by Gasteiger charge is -2.12. The highest BCUT2D eigenvalue weighted by Crippen LogP contribution is 2.20. The molecule has 6 heteroatoms. The summed E-state index contributed by atoms with van der Waals surface area (Å²) in [4.78, 5) is 24.3. The number of nitrogens with zero attached hydrogens (tertiary/aromatic N) is 1. The summed E-state index contributed by atoms with van der Waals surface area (Å²) in [6.45, 7) is 6.50. The molecule has 6 nitrogen and oxygen atoms in total. The van der Waals surface area contributed by atoms with Crippen molar-refractivity contribution in [2.75, 3.05) is 17.2 Å². The van der Waals surface area contributed by atoms with Gasteiger partial charge in [-0.3, -0.25) is 10.1 Å². The number of rotatable bonds is 6. The fourth-order valence-corrected chi connectivity index (χ4v) is 2.97. The number of carbonyl (C=O) groups excluding carboxylic acids is 2. The Hall–Kier alpha value is -3.28. The molecule has 0 radical (unpaired) electrons. The van der Waals surface area contributed by atoms with E-state index in [0.717, 1.165) is 16.6 Å². The van der Waals surface area contributed by atoms with Gasteiger partial charge in [0, 0.05) is 22.6 Å². The fraction of sp³-hybridized carbons (Fsp3) is 0.273. The highest BCUT2D eigenvalue weighted by molar-refractivity contribution is 5.93. The van der Waals surface area contributed by atoms with Crippen LogP contribution in [0.4, 0.5) is 16.2 Å². The van der Waals surface area contributed by atoms with Crippen LogP contribution in [0.2, 0.25) is 0 Å². The maximum atomic E-state index is 12.5. The van der Waals surface area contributed by atoms with Crippen molar-refractivity contribution in [1.82, 2.24) is 4.57 Å². The number of carbonyl (C=O) groups is 2. The predicted molar refractivity (Wildman–Crippen MR) is 112 cm³/mol. The van der Waals surface area contributed by atoms with Gasteiger partial charge in [0.05, 0.1) is 6.61 Å². The Bertz CT molecular complexity index is 992. The molecule has 0 aliphatic rings. The molecule has 0 bridgehead atoms. The minimum absolute atomic E-state index is 0.135. The fourth-order valence-electron chi connectivity index (χ4n) is 2.97. The van der Waals surface area contributed by atoms with Crippen molar-refractivity contribution in [1.29, 1.82) is 0 Å². The molecule has 2 N–H and O–H groups in total. The lowest BCUT2D eigenvalue weighted by atomic mass is 10.2. The number of benzene rings is 2. The van der Waals surface area contributed by atoms with Crippen LogP contribution in [-0.4, -0.2) is 23.2 Å². The molecule has 28 heavy (non-hydrogen) atoms. The number of anilines is 2. The first-order valence-electron chi connectivity index (χ1n) is 9.31. The summed E-state index contributed by atoms with van der Waals surface area (Å²) in [6.07, 6.45) is -0.508. The Morgan fingerprint density at radius 3 is 2.46 bits per heavy atom. The summed E-state index contributed by atoms with van der Waals surface area (Å²) in [7, 11) is 0. The first-order valence-corrected chi connectivity index (χ1v) is 9.31. The summed E-state index contributed by atoms with van der Waals surface area (Å²) < 4.78 is 7.09. The average Bonchev–Trinajstić information content (AvgIpc) is 2.96. The first kappa shape index (κ1) is 19.5. The molecule has 3 aromatic rings. The van der Waals surface area contributed by atoms with Gasteiger partial charge in [-0.05, 0) is 48.6 Å². The Balaban J connectivity index is 1.64. The Labute approximate surface area is 164 Å². The van der Waals surface area contributed by atoms with Crippen LogP contribution in [0.15, 0.2) is 54.6 Å². The van der Waals surface area contributed by atoms with Crippen molar-refractivity contribution in [2.24, 2.45) is 5.92 Å². The van der Waals surface area contributed by atoms with Crippen LogP contribution in [-0.2, 0) is 16.1 Å². The molecule has 0 saturated heterocycles. The summed E-state index contributed by atoms with van der Waals surface area (Å²) >= 11 is 0. The summed E-state index contributed by atoms with van der Waals surface area (Å²) in [5, 5.41) is 6.67. The molecule has 0 saturated carbocycles. The number of nitrogens with one attached hydrogen (secondary N) is 2. The topological polar surface area (TPSA) is 72.4 Å². The molecule has 0 spiro atoms. The van der Waals surface area contributed by atoms with E-state index in [1.165, 1.54) is 0 Å². The van der Waals surface area contributed by atoms with Crippen LogP contribution in [0, 0.1) is 12.8 Å². The molecule has 2 aromatic carbocycles. The molecule has 0 fully saturated rings. The van der Waals surface area contributed by atoms with E-state index >= 15 is 0 Å². The molecule has 0 aliphatic carbocycles. The molecular formula is C22H25N3O3. The number of para-hydroxylation sites is 1. The van der Waals surface area contributed by atoms with Crippen LogP contribution in [0.3, 0.4) is 0 Å². The molecule has 3 rings (SSSR count). The molecule has 0 aliphatic heterocycles. The maximum absolute atomic E-state index is 12.5. The van der Waals surface area contributed by atoms with Gasteiger partial charge in [-0.15, -0.1) is 0 Å². The third-order valence-electron chi connectivity index (χ3n) is 4.26. The standard InChI is InChI=1S/C22H25N3O3/c1-15(2)14-28-22(27)24-19-9-6-8-18(12-19)23-21(26)13-25-16(3)11-17-7-4-5-10-20(17)25/h4-12,15H,13-14H2,1-3H3,(H,23,26)(H,24,27). The van der Waals surface area contributed by atoms with E-state index in [2.05, 4.69) is 16.7 Å². The van der Waals surface area contributed by atoms with Gasteiger partial charge in [-0.25, -0.2) is 4.79 Å². The SMILES string of the molecule is Cc1cc2ccccc2n1CC(=O)Nc1cccc(NC(=O)OCC(C)C)c1. The molecule has 2 amide bonds. The number of fused-ring (bicyclic) bond motifs is 1. The third kappa shape index (κ3) is 4.91. The zero-order chi connectivity index (χ0) is 20.1. The van der Waals surface area contributed by atoms with Crippen molar-refractivity contribution >= 4 is 34.3 Å². The lowest BCUT2D eigenvalue weighted by Crippen LogP contribution is -2.20. The largest absolute Gasteiger partial charge is 0.449 e. The molecule has 1 heterocycles. The van der Waals surface area contributed by atoms with Crippen molar-refractivity contribution in [3.05, 3.63) is 60.3 Å². The number of hydrogen-bond donors (Lipinski definition) is 2. The van der Waals surface area contributed by atoms with Gasteiger partial charge in [0.15, 0.2) is 0 Å². The van der Waals surface area contributed by atoms with E-state index < -0.39 is 6.09 Å². The summed E-state index contributed by atoms with van der Waals surface area (Å²) in [5.74, 6) is 0.133. The molecule has 0 atom stereocenters. The number of aromatic nitrogens is 1. The highest BCUT2D eigenvalue weighted by atomic mass is 16.5. The van der Waals surface area contributed by atoms with Gasteiger partial charge in [0.1, 0.15) is 6.54 Å². The maximum Gasteiger partial charge on any atom is 0.411 e. The number of aryl methyl sites for hydroxylation is 1. The summed E-state index contributed by atoms with van der Waals surface area (Å²) in [5.41, 5.74) is 3.23. The van der Waals surface area contributed by atoms with Crippen LogP contribution < -0.4 is 10.6 Å². The minimum atomic E-state index is -0.508. The Morgan fingerprint density at radius 2 is 1.71 bits per heavy atom. The normalized spacial score (nSPS) is 10.9. The van der Waals surface area contributed by atoms with E-state index in [1.807, 2.05) is 49.6 Å². The second kappa shape index (κ2) is 8.61. The average molecular weight is 379 g/mol. The minimum Gasteiger partial charge on any atom is -0.449 e. The quantitative estimate of drug-likeness (QED) is 0.647. The van der Waals surface area contributed by atoms with E-state index in [-0.39, 0.29) is 18.4 Å². The monoisotopic (exact) mass is 379 g/mol. The molecule has 1 aromatic heterocycles. The number of ether oxygens (including phenoxy) is 1. The molecule has 146 valence electrons. The third-order valence-corrected chi connectivity index (χ3v) is 4.26. The van der Waals surface area contributed by atoms with E-state index in [4.69, 9.17) is 4.74 Å². The van der Waals surface area contributed by atoms with Crippen molar-refractivity contribution in [3.8, 4) is 0 Å². The van der Waals surface area contributed by atoms with E-state index in [1.54, 1.807) is 24.3 Å². The predicted octanol–water partition coefficient (Wildman–Crippen LogP) is 4.79. The second-order valence-electron chi connectivity index (χ2n) is 7.18. The number of hydrogen-bond acceptors (Lipinski definition) is 3. The highest BCUT2D eigenvalue weighted by Gasteiger charge is 2.11. The van der Waals surface area contributed by atoms with Gasteiger partial charge in [0.2, 0.25) is 5.91 Å². The van der Waals surface area contributed by atoms with E-state index in [0.29, 0.717) is 18.0 Å². The van der Waals surface area contributed by atoms with E-state index in [9.17, 15) is 9.59 Å². The van der Waals surface area contributed by atoms with Crippen LogP contribution >= 0.6 is 0 Å². The molecular weight excluding hydrogens is 354 g/mol. The van der Waals surface area contributed by atoms with Crippen molar-refractivity contribution in [3.63, 3.8) is 0 Å². The van der Waals surface area contributed by atoms with Gasteiger partial charge >= 0.3 is 6.09 Å². The molecule has 0 unspecified atom stereocenters. The Morgan fingerprint density at radius 1 is 1.00 bits per heavy atom. The number of amides is 2.